The molecule has 26 heavy (non-hydrogen) atoms. The van der Waals surface area contributed by atoms with Gasteiger partial charge in [-0.05, 0) is 42.4 Å². The third kappa shape index (κ3) is 2.85. The lowest BCUT2D eigenvalue weighted by atomic mass is 9.62. The molecule has 4 N–H and O–H groups in total. The lowest BCUT2D eigenvalue weighted by Crippen LogP contribution is -2.52. The Morgan fingerprint density at radius 1 is 0.731 bits per heavy atom. The Kier molecular flexibility index (Phi) is 6.11. The van der Waals surface area contributed by atoms with E-state index in [0.717, 1.165) is 0 Å². The van der Waals surface area contributed by atoms with Crippen LogP contribution in [0.2, 0.25) is 0 Å². The van der Waals surface area contributed by atoms with Gasteiger partial charge in [0.2, 0.25) is 0 Å². The monoisotopic (exact) mass is 372 g/mol. The predicted octanol–water partition coefficient (Wildman–Crippen LogP) is 2.27. The molecule has 1 saturated carbocycles. The van der Waals surface area contributed by atoms with Gasteiger partial charge in [0.05, 0.1) is 0 Å². The lowest BCUT2D eigenvalue weighted by molar-refractivity contribution is -0.175. The molecule has 0 aromatic heterocycles. The van der Waals surface area contributed by atoms with Crippen molar-refractivity contribution in [3.63, 3.8) is 0 Å². The molecule has 148 valence electrons. The summed E-state index contributed by atoms with van der Waals surface area (Å²) >= 11 is 0. The summed E-state index contributed by atoms with van der Waals surface area (Å²) in [4.78, 5) is 47.8. The Labute approximate surface area is 152 Å². The van der Waals surface area contributed by atoms with E-state index in [4.69, 9.17) is 0 Å². The Bertz CT molecular complexity index is 578. The van der Waals surface area contributed by atoms with Gasteiger partial charge in [0.1, 0.15) is 0 Å². The highest BCUT2D eigenvalue weighted by molar-refractivity contribution is 6.00. The van der Waals surface area contributed by atoms with Crippen LogP contribution < -0.4 is 0 Å². The van der Waals surface area contributed by atoms with Gasteiger partial charge in [-0.25, -0.2) is 0 Å². The van der Waals surface area contributed by atoms with Crippen LogP contribution in [0.4, 0.5) is 0 Å². The van der Waals surface area contributed by atoms with Gasteiger partial charge in [-0.2, -0.15) is 0 Å². The molecule has 1 fully saturated rings. The van der Waals surface area contributed by atoms with Crippen molar-refractivity contribution >= 4 is 23.9 Å². The summed E-state index contributed by atoms with van der Waals surface area (Å²) in [6.45, 7) is 7.69. The van der Waals surface area contributed by atoms with Crippen LogP contribution >= 0.6 is 0 Å². The van der Waals surface area contributed by atoms with Gasteiger partial charge in [-0.3, -0.25) is 19.2 Å². The Balaban J connectivity index is 3.52. The summed E-state index contributed by atoms with van der Waals surface area (Å²) in [7, 11) is 0. The average Bonchev–Trinajstić information content (AvgIpc) is 2.79. The Hall–Kier alpha value is -2.12. The third-order valence-electron chi connectivity index (χ3n) is 6.35. The number of rotatable bonds is 8. The van der Waals surface area contributed by atoms with Gasteiger partial charge in [0.25, 0.3) is 0 Å². The van der Waals surface area contributed by atoms with Crippen molar-refractivity contribution in [1.82, 2.24) is 0 Å². The summed E-state index contributed by atoms with van der Waals surface area (Å²) in [5.41, 5.74) is -4.17. The van der Waals surface area contributed by atoms with E-state index in [1.807, 2.05) is 0 Å². The van der Waals surface area contributed by atoms with E-state index in [1.54, 1.807) is 6.92 Å². The van der Waals surface area contributed by atoms with Crippen molar-refractivity contribution < 1.29 is 39.6 Å². The van der Waals surface area contributed by atoms with Crippen LogP contribution in [0.3, 0.4) is 0 Å². The fourth-order valence-electron chi connectivity index (χ4n) is 4.99. The molecular weight excluding hydrogens is 344 g/mol. The molecule has 0 spiro atoms. The molecule has 3 unspecified atom stereocenters. The number of hydrogen-bond donors (Lipinski definition) is 4. The van der Waals surface area contributed by atoms with Gasteiger partial charge in [0, 0.05) is 0 Å². The zero-order valence-corrected chi connectivity index (χ0v) is 15.7. The third-order valence-corrected chi connectivity index (χ3v) is 6.35. The van der Waals surface area contributed by atoms with Crippen LogP contribution in [0.15, 0.2) is 0 Å². The first-order chi connectivity index (χ1) is 11.8. The molecular formula is C18H28O8. The maximum Gasteiger partial charge on any atom is 0.321 e. The van der Waals surface area contributed by atoms with Crippen molar-refractivity contribution in [2.24, 2.45) is 40.4 Å². The summed E-state index contributed by atoms with van der Waals surface area (Å²) in [5, 5.41) is 38.9. The Morgan fingerprint density at radius 2 is 1.08 bits per heavy atom. The number of carboxylic acids is 4. The second-order valence-electron chi connectivity index (χ2n) is 8.02. The van der Waals surface area contributed by atoms with Gasteiger partial charge in [-0.15, -0.1) is 0 Å². The van der Waals surface area contributed by atoms with Gasteiger partial charge in [0.15, 0.2) is 10.8 Å². The molecule has 3 atom stereocenters. The highest BCUT2D eigenvalue weighted by Gasteiger charge is 2.64. The maximum absolute atomic E-state index is 12.0. The van der Waals surface area contributed by atoms with E-state index in [0.29, 0.717) is 0 Å². The first-order valence-corrected chi connectivity index (χ1v) is 8.72. The van der Waals surface area contributed by atoms with Crippen LogP contribution in [0.25, 0.3) is 0 Å². The molecule has 0 aromatic carbocycles. The largest absolute Gasteiger partial charge is 0.480 e. The summed E-state index contributed by atoms with van der Waals surface area (Å²) in [6, 6.07) is 0. The number of carboxylic acid groups (broad SMARTS) is 4. The lowest BCUT2D eigenvalue weighted by Gasteiger charge is -2.38. The smallest absolute Gasteiger partial charge is 0.321 e. The zero-order chi connectivity index (χ0) is 20.6. The molecule has 0 radical (unpaired) electrons. The number of hydrogen-bond acceptors (Lipinski definition) is 4. The van der Waals surface area contributed by atoms with E-state index in [2.05, 4.69) is 0 Å². The van der Waals surface area contributed by atoms with Crippen LogP contribution in [0.5, 0.6) is 0 Å². The first kappa shape index (κ1) is 21.9. The molecule has 0 amide bonds. The number of aliphatic carboxylic acids is 4. The fraction of sp³-hybridized carbons (Fsp3) is 0.778. The highest BCUT2D eigenvalue weighted by atomic mass is 16.4. The fourth-order valence-corrected chi connectivity index (χ4v) is 4.99. The van der Waals surface area contributed by atoms with Crippen molar-refractivity contribution in [2.45, 2.75) is 47.5 Å². The van der Waals surface area contributed by atoms with Crippen molar-refractivity contribution in [3.8, 4) is 0 Å². The standard InChI is InChI=1S/C18H28O8/c1-8(2)17(13(19)20,14(21)22)11-6-10(5)12(7-11)18(9(3)4,15(23)24)16(25)26/h8-12H,6-7H2,1-5H3,(H,19,20)(H,21,22)(H,23,24)(H,25,26). The van der Waals surface area contributed by atoms with Crippen LogP contribution in [-0.2, 0) is 19.2 Å². The topological polar surface area (TPSA) is 149 Å². The number of carbonyl (C=O) groups is 4. The molecule has 8 heteroatoms. The van der Waals surface area contributed by atoms with Crippen LogP contribution in [0, 0.1) is 40.4 Å². The molecule has 0 aromatic rings. The molecule has 0 heterocycles. The minimum Gasteiger partial charge on any atom is -0.480 e. The molecule has 8 nitrogen and oxygen atoms in total. The quantitative estimate of drug-likeness (QED) is 0.474. The normalized spacial score (nSPS) is 24.0. The summed E-state index contributed by atoms with van der Waals surface area (Å²) < 4.78 is 0. The van der Waals surface area contributed by atoms with E-state index < -0.39 is 64.3 Å². The van der Waals surface area contributed by atoms with Crippen molar-refractivity contribution in [1.29, 1.82) is 0 Å². The predicted molar refractivity (Wildman–Crippen MR) is 90.5 cm³/mol. The van der Waals surface area contributed by atoms with Crippen LogP contribution in [0.1, 0.15) is 47.5 Å². The molecule has 0 bridgehead atoms. The molecule has 0 aliphatic heterocycles. The van der Waals surface area contributed by atoms with Crippen LogP contribution in [-0.4, -0.2) is 44.3 Å². The van der Waals surface area contributed by atoms with E-state index >= 15 is 0 Å². The van der Waals surface area contributed by atoms with Crippen molar-refractivity contribution in [3.05, 3.63) is 0 Å². The van der Waals surface area contributed by atoms with Gasteiger partial charge >= 0.3 is 23.9 Å². The van der Waals surface area contributed by atoms with Crippen molar-refractivity contribution in [2.75, 3.05) is 0 Å². The minimum absolute atomic E-state index is 0.0747. The summed E-state index contributed by atoms with van der Waals surface area (Å²) in [5.74, 6) is -9.53. The van der Waals surface area contributed by atoms with Gasteiger partial charge < -0.3 is 20.4 Å². The maximum atomic E-state index is 12.0. The van der Waals surface area contributed by atoms with E-state index in [9.17, 15) is 39.6 Å². The zero-order valence-electron chi connectivity index (χ0n) is 15.7. The first-order valence-electron chi connectivity index (χ1n) is 8.72. The molecule has 1 rings (SSSR count). The second-order valence-corrected chi connectivity index (χ2v) is 8.02. The molecule has 1 aliphatic carbocycles. The second kappa shape index (κ2) is 7.25. The molecule has 0 saturated heterocycles. The van der Waals surface area contributed by atoms with Gasteiger partial charge in [-0.1, -0.05) is 34.6 Å². The average molecular weight is 372 g/mol. The minimum atomic E-state index is -2.09. The highest BCUT2D eigenvalue weighted by Crippen LogP contribution is 2.56. The summed E-state index contributed by atoms with van der Waals surface area (Å²) in [6.07, 6.45) is 0.0746. The van der Waals surface area contributed by atoms with E-state index in [-0.39, 0.29) is 12.8 Å². The SMILES string of the molecule is CC1CC(C(C(=O)O)(C(=O)O)C(C)C)CC1C(C(=O)O)(C(=O)O)C(C)C. The van der Waals surface area contributed by atoms with E-state index in [1.165, 1.54) is 27.7 Å². The Morgan fingerprint density at radius 3 is 1.35 bits per heavy atom. The molecule has 1 aliphatic rings.